The van der Waals surface area contributed by atoms with Crippen molar-refractivity contribution in [1.29, 1.82) is 0 Å². The second-order valence-corrected chi connectivity index (χ2v) is 6.36. The minimum atomic E-state index is -1.59. The van der Waals surface area contributed by atoms with E-state index in [1.54, 1.807) is 13.8 Å². The predicted octanol–water partition coefficient (Wildman–Crippen LogP) is -2.61. The number of nitrogens with two attached hydrogens (primary N) is 1. The summed E-state index contributed by atoms with van der Waals surface area (Å²) in [6, 6.07) is -4.29. The monoisotopic (exact) mass is 404 g/mol. The van der Waals surface area contributed by atoms with Gasteiger partial charge in [-0.25, -0.2) is 4.79 Å². The molecule has 0 aromatic carbocycles. The van der Waals surface area contributed by atoms with Crippen LogP contribution in [-0.2, 0) is 24.0 Å². The molecular formula is C16H28N4O8. The number of aliphatic hydroxyl groups is 1. The number of rotatable bonds is 12. The molecule has 28 heavy (non-hydrogen) atoms. The standard InChI is InChI=1S/C16H28N4O8/c1-4-7(2)12(15(26)20-13(8(3)21)16(27)28)19-14(25)9(5-11(23)24)18-10(22)6-17/h7-9,12-13,21H,4-6,17H2,1-3H3,(H,18,22)(H,19,25)(H,20,26)(H,23,24)(H,27,28). The van der Waals surface area contributed by atoms with Gasteiger partial charge in [0, 0.05) is 0 Å². The number of carbonyl (C=O) groups is 5. The molecule has 0 aromatic heterocycles. The average molecular weight is 404 g/mol. The number of hydrogen-bond donors (Lipinski definition) is 7. The molecule has 0 aliphatic rings. The molecule has 0 saturated carbocycles. The van der Waals surface area contributed by atoms with E-state index in [0.29, 0.717) is 6.42 Å². The first-order valence-electron chi connectivity index (χ1n) is 8.67. The summed E-state index contributed by atoms with van der Waals surface area (Å²) in [5, 5.41) is 34.1. The Labute approximate surface area is 161 Å². The minimum Gasteiger partial charge on any atom is -0.481 e. The third-order valence-electron chi connectivity index (χ3n) is 4.06. The molecule has 0 aliphatic carbocycles. The van der Waals surface area contributed by atoms with Gasteiger partial charge in [0.2, 0.25) is 17.7 Å². The molecule has 12 heteroatoms. The number of carbonyl (C=O) groups excluding carboxylic acids is 3. The van der Waals surface area contributed by atoms with Gasteiger partial charge in [0.25, 0.3) is 0 Å². The Hall–Kier alpha value is -2.73. The molecule has 0 saturated heterocycles. The summed E-state index contributed by atoms with van der Waals surface area (Å²) in [6.45, 7) is 4.06. The van der Waals surface area contributed by atoms with E-state index in [0.717, 1.165) is 0 Å². The number of carboxylic acids is 2. The van der Waals surface area contributed by atoms with Crippen LogP contribution in [0.5, 0.6) is 0 Å². The van der Waals surface area contributed by atoms with Crippen LogP contribution in [-0.4, -0.2) is 75.8 Å². The number of aliphatic hydroxyl groups excluding tert-OH is 1. The van der Waals surface area contributed by atoms with E-state index in [1.807, 2.05) is 0 Å². The van der Waals surface area contributed by atoms with Crippen LogP contribution in [0.3, 0.4) is 0 Å². The first-order chi connectivity index (χ1) is 12.9. The molecule has 3 amide bonds. The van der Waals surface area contributed by atoms with Crippen molar-refractivity contribution < 1.29 is 39.3 Å². The maximum atomic E-state index is 12.5. The summed E-state index contributed by atoms with van der Waals surface area (Å²) in [5.74, 6) is -5.84. The van der Waals surface area contributed by atoms with Crippen LogP contribution in [0.25, 0.3) is 0 Å². The Balaban J connectivity index is 5.45. The molecule has 0 fully saturated rings. The van der Waals surface area contributed by atoms with E-state index in [1.165, 1.54) is 6.92 Å². The van der Waals surface area contributed by atoms with Crippen LogP contribution >= 0.6 is 0 Å². The summed E-state index contributed by atoms with van der Waals surface area (Å²) < 4.78 is 0. The molecule has 0 aliphatic heterocycles. The van der Waals surface area contributed by atoms with Gasteiger partial charge in [0.05, 0.1) is 19.1 Å². The van der Waals surface area contributed by atoms with Crippen molar-refractivity contribution in [2.24, 2.45) is 11.7 Å². The molecule has 0 aromatic rings. The van der Waals surface area contributed by atoms with Crippen molar-refractivity contribution in [2.45, 2.75) is 57.8 Å². The first-order valence-corrected chi connectivity index (χ1v) is 8.67. The van der Waals surface area contributed by atoms with Crippen molar-refractivity contribution in [3.05, 3.63) is 0 Å². The maximum absolute atomic E-state index is 12.5. The van der Waals surface area contributed by atoms with Crippen molar-refractivity contribution >= 4 is 29.7 Å². The number of aliphatic carboxylic acids is 2. The van der Waals surface area contributed by atoms with Crippen molar-refractivity contribution in [1.82, 2.24) is 16.0 Å². The molecule has 160 valence electrons. The van der Waals surface area contributed by atoms with Gasteiger partial charge in [-0.3, -0.25) is 19.2 Å². The second kappa shape index (κ2) is 11.9. The number of carboxylic acid groups (broad SMARTS) is 2. The highest BCUT2D eigenvalue weighted by atomic mass is 16.4. The Morgan fingerprint density at radius 3 is 1.86 bits per heavy atom. The molecule has 0 bridgehead atoms. The van der Waals surface area contributed by atoms with Crippen LogP contribution in [0.1, 0.15) is 33.6 Å². The summed E-state index contributed by atoms with van der Waals surface area (Å²) >= 11 is 0. The lowest BCUT2D eigenvalue weighted by atomic mass is 9.97. The normalized spacial score (nSPS) is 16.0. The second-order valence-electron chi connectivity index (χ2n) is 6.36. The molecule has 0 radical (unpaired) electrons. The van der Waals surface area contributed by atoms with E-state index in [-0.39, 0.29) is 0 Å². The van der Waals surface area contributed by atoms with Gasteiger partial charge in [0.1, 0.15) is 12.1 Å². The predicted molar refractivity (Wildman–Crippen MR) is 95.9 cm³/mol. The van der Waals surface area contributed by atoms with E-state index >= 15 is 0 Å². The summed E-state index contributed by atoms with van der Waals surface area (Å²) in [5.41, 5.74) is 5.15. The Morgan fingerprint density at radius 2 is 1.46 bits per heavy atom. The zero-order chi connectivity index (χ0) is 22.0. The summed E-state index contributed by atoms with van der Waals surface area (Å²) in [4.78, 5) is 58.5. The molecule has 0 heterocycles. The fourth-order valence-corrected chi connectivity index (χ4v) is 2.22. The van der Waals surface area contributed by atoms with Crippen LogP contribution in [0.4, 0.5) is 0 Å². The minimum absolute atomic E-state index is 0.420. The van der Waals surface area contributed by atoms with Crippen molar-refractivity contribution in [3.8, 4) is 0 Å². The highest BCUT2D eigenvalue weighted by Gasteiger charge is 2.34. The smallest absolute Gasteiger partial charge is 0.328 e. The van der Waals surface area contributed by atoms with E-state index < -0.39 is 72.8 Å². The highest BCUT2D eigenvalue weighted by Crippen LogP contribution is 2.10. The lowest BCUT2D eigenvalue weighted by molar-refractivity contribution is -0.146. The molecular weight excluding hydrogens is 376 g/mol. The summed E-state index contributed by atoms with van der Waals surface area (Å²) in [6.07, 6.45) is -1.71. The fraction of sp³-hybridized carbons (Fsp3) is 0.688. The highest BCUT2D eigenvalue weighted by molar-refractivity contribution is 5.95. The zero-order valence-electron chi connectivity index (χ0n) is 16.0. The number of hydrogen-bond acceptors (Lipinski definition) is 7. The van der Waals surface area contributed by atoms with Crippen LogP contribution in [0, 0.1) is 5.92 Å². The third-order valence-corrected chi connectivity index (χ3v) is 4.06. The van der Waals surface area contributed by atoms with Gasteiger partial charge < -0.3 is 37.0 Å². The number of amides is 3. The lowest BCUT2D eigenvalue weighted by Gasteiger charge is -2.28. The molecule has 0 spiro atoms. The topological polar surface area (TPSA) is 208 Å². The quantitative estimate of drug-likeness (QED) is 0.181. The van der Waals surface area contributed by atoms with Crippen molar-refractivity contribution in [3.63, 3.8) is 0 Å². The van der Waals surface area contributed by atoms with Gasteiger partial charge in [-0.1, -0.05) is 20.3 Å². The van der Waals surface area contributed by atoms with Crippen LogP contribution in [0.15, 0.2) is 0 Å². The molecule has 5 atom stereocenters. The average Bonchev–Trinajstić information content (AvgIpc) is 2.61. The lowest BCUT2D eigenvalue weighted by Crippen LogP contribution is -2.59. The SMILES string of the molecule is CCC(C)C(NC(=O)C(CC(=O)O)NC(=O)CN)C(=O)NC(C(=O)O)C(C)O. The van der Waals surface area contributed by atoms with Gasteiger partial charge in [-0.15, -0.1) is 0 Å². The van der Waals surface area contributed by atoms with Crippen LogP contribution in [0.2, 0.25) is 0 Å². The molecule has 5 unspecified atom stereocenters. The molecule has 8 N–H and O–H groups in total. The van der Waals surface area contributed by atoms with Gasteiger partial charge >= 0.3 is 11.9 Å². The van der Waals surface area contributed by atoms with E-state index in [9.17, 15) is 29.1 Å². The van der Waals surface area contributed by atoms with Crippen molar-refractivity contribution in [2.75, 3.05) is 6.54 Å². The zero-order valence-corrected chi connectivity index (χ0v) is 16.0. The van der Waals surface area contributed by atoms with Gasteiger partial charge in [0.15, 0.2) is 6.04 Å². The Morgan fingerprint density at radius 1 is 0.929 bits per heavy atom. The summed E-state index contributed by atoms with van der Waals surface area (Å²) in [7, 11) is 0. The first kappa shape index (κ1) is 25.3. The van der Waals surface area contributed by atoms with E-state index in [2.05, 4.69) is 16.0 Å². The Bertz CT molecular complexity index is 595. The van der Waals surface area contributed by atoms with Gasteiger partial charge in [-0.05, 0) is 12.8 Å². The third kappa shape index (κ3) is 8.31. The van der Waals surface area contributed by atoms with Crippen LogP contribution < -0.4 is 21.7 Å². The Kier molecular flexibility index (Phi) is 10.7. The van der Waals surface area contributed by atoms with E-state index in [4.69, 9.17) is 15.9 Å². The fourth-order valence-electron chi connectivity index (χ4n) is 2.22. The molecule has 0 rings (SSSR count). The largest absolute Gasteiger partial charge is 0.481 e. The molecule has 12 nitrogen and oxygen atoms in total. The van der Waals surface area contributed by atoms with Gasteiger partial charge in [-0.2, -0.15) is 0 Å². The maximum Gasteiger partial charge on any atom is 0.328 e. The number of nitrogens with one attached hydrogen (secondary N) is 3.